The van der Waals surface area contributed by atoms with Crippen LogP contribution in [-0.2, 0) is 38.3 Å². The molecule has 4 amide bonds. The highest BCUT2D eigenvalue weighted by molar-refractivity contribution is 6.32. The van der Waals surface area contributed by atoms with E-state index in [0.717, 1.165) is 27.0 Å². The fraction of sp³-hybridized carbons (Fsp3) is 0.243. The van der Waals surface area contributed by atoms with Crippen molar-refractivity contribution >= 4 is 47.2 Å². The lowest BCUT2D eigenvalue weighted by Gasteiger charge is -2.24. The number of hydrogen-bond acceptors (Lipinski definition) is 7. The molecule has 50 heavy (non-hydrogen) atoms. The van der Waals surface area contributed by atoms with Crippen molar-refractivity contribution in [2.24, 2.45) is 0 Å². The van der Waals surface area contributed by atoms with Crippen LogP contribution in [0.5, 0.6) is 0 Å². The molecule has 9 nitrogen and oxygen atoms in total. The number of ether oxygens (including phenoxy) is 2. The number of nitrogens with zero attached hydrogens (tertiary/aromatic N) is 2. The highest BCUT2D eigenvalue weighted by Gasteiger charge is 2.42. The van der Waals surface area contributed by atoms with Crippen LogP contribution < -0.4 is 0 Å². The number of imide groups is 2. The molecule has 0 spiro atoms. The van der Waals surface area contributed by atoms with Crippen molar-refractivity contribution in [3.05, 3.63) is 141 Å². The third kappa shape index (κ3) is 8.47. The standard InChI is InChI=1S/C19H17ClFNO4.C18H15ClFNO3/c20-17-14(7-4-8-16(17)21)15(10-23)18(24)22-13(11-26-19(22)25)9-12-5-2-1-3-6-12;19-17-13(7-4-8-15(17)20)10-16(22)21-14(11-24-18(21)23)9-12-5-2-1-3-6-12/h1-8,13,15,23H,9-11H2;1-8,14H,9-11H2/t13-,15-;14-/m11/s1. The number of cyclic esters (lactones) is 2. The number of aliphatic hydroxyl groups excluding tert-OH is 1. The second-order valence-corrected chi connectivity index (χ2v) is 12.3. The average Bonchev–Trinajstić information content (AvgIpc) is 3.67. The maximum atomic E-state index is 13.7. The summed E-state index contributed by atoms with van der Waals surface area (Å²) in [6.45, 7) is -0.394. The largest absolute Gasteiger partial charge is 0.447 e. The quantitative estimate of drug-likeness (QED) is 0.203. The predicted molar refractivity (Wildman–Crippen MR) is 181 cm³/mol. The minimum atomic E-state index is -1.15. The Kier molecular flexibility index (Phi) is 12.2. The lowest BCUT2D eigenvalue weighted by molar-refractivity contribution is -0.131. The van der Waals surface area contributed by atoms with Crippen molar-refractivity contribution in [3.63, 3.8) is 0 Å². The molecule has 2 aliphatic rings. The maximum Gasteiger partial charge on any atom is 0.417 e. The van der Waals surface area contributed by atoms with Gasteiger partial charge in [0.2, 0.25) is 11.8 Å². The highest BCUT2D eigenvalue weighted by Crippen LogP contribution is 2.31. The van der Waals surface area contributed by atoms with E-state index in [1.54, 1.807) is 6.07 Å². The summed E-state index contributed by atoms with van der Waals surface area (Å²) in [7, 11) is 0. The lowest BCUT2D eigenvalue weighted by Crippen LogP contribution is -2.43. The van der Waals surface area contributed by atoms with Crippen LogP contribution in [0.3, 0.4) is 0 Å². The highest BCUT2D eigenvalue weighted by atomic mass is 35.5. The fourth-order valence-corrected chi connectivity index (χ4v) is 6.22. The third-order valence-corrected chi connectivity index (χ3v) is 9.09. The summed E-state index contributed by atoms with van der Waals surface area (Å²) < 4.78 is 37.3. The van der Waals surface area contributed by atoms with Gasteiger partial charge in [-0.3, -0.25) is 9.59 Å². The van der Waals surface area contributed by atoms with E-state index in [1.165, 1.54) is 24.3 Å². The Labute approximate surface area is 296 Å². The van der Waals surface area contributed by atoms with Gasteiger partial charge >= 0.3 is 12.2 Å². The van der Waals surface area contributed by atoms with Crippen LogP contribution in [0.1, 0.15) is 28.2 Å². The van der Waals surface area contributed by atoms with E-state index in [-0.39, 0.29) is 41.3 Å². The fourth-order valence-electron chi connectivity index (χ4n) is 5.77. The number of hydrogen-bond donors (Lipinski definition) is 1. The molecule has 2 heterocycles. The number of rotatable bonds is 9. The Morgan fingerprint density at radius 1 is 0.720 bits per heavy atom. The molecule has 2 saturated heterocycles. The van der Waals surface area contributed by atoms with Crippen molar-refractivity contribution in [3.8, 4) is 0 Å². The van der Waals surface area contributed by atoms with Crippen molar-refractivity contribution in [2.75, 3.05) is 19.8 Å². The van der Waals surface area contributed by atoms with E-state index in [1.807, 2.05) is 60.7 Å². The van der Waals surface area contributed by atoms with E-state index in [9.17, 15) is 33.1 Å². The molecule has 6 rings (SSSR count). The van der Waals surface area contributed by atoms with Gasteiger partial charge in [0, 0.05) is 0 Å². The number of amides is 4. The second kappa shape index (κ2) is 16.7. The number of benzene rings is 4. The van der Waals surface area contributed by atoms with Crippen LogP contribution in [0.2, 0.25) is 10.0 Å². The van der Waals surface area contributed by atoms with Gasteiger partial charge in [0.1, 0.15) is 24.8 Å². The first-order valence-corrected chi connectivity index (χ1v) is 16.4. The van der Waals surface area contributed by atoms with Crippen molar-refractivity contribution < 1.29 is 42.5 Å². The normalized spacial score (nSPS) is 17.5. The molecule has 260 valence electrons. The first-order chi connectivity index (χ1) is 24.1. The summed E-state index contributed by atoms with van der Waals surface area (Å²) in [4.78, 5) is 51.6. The van der Waals surface area contributed by atoms with Gasteiger partial charge in [-0.25, -0.2) is 28.2 Å². The van der Waals surface area contributed by atoms with E-state index >= 15 is 0 Å². The topological polar surface area (TPSA) is 113 Å². The van der Waals surface area contributed by atoms with E-state index in [2.05, 4.69) is 0 Å². The third-order valence-electron chi connectivity index (χ3n) is 8.27. The molecule has 2 fully saturated rings. The van der Waals surface area contributed by atoms with Gasteiger partial charge in [-0.15, -0.1) is 0 Å². The maximum absolute atomic E-state index is 13.7. The molecule has 0 saturated carbocycles. The van der Waals surface area contributed by atoms with Gasteiger partial charge in [-0.1, -0.05) is 108 Å². The Morgan fingerprint density at radius 2 is 1.22 bits per heavy atom. The molecule has 2 aliphatic heterocycles. The van der Waals surface area contributed by atoms with Crippen LogP contribution in [0.4, 0.5) is 18.4 Å². The van der Waals surface area contributed by atoms with Crippen LogP contribution in [0, 0.1) is 11.6 Å². The molecule has 4 aromatic rings. The minimum Gasteiger partial charge on any atom is -0.447 e. The van der Waals surface area contributed by atoms with Crippen molar-refractivity contribution in [2.45, 2.75) is 37.3 Å². The van der Waals surface area contributed by atoms with Crippen LogP contribution in [0.15, 0.2) is 97.1 Å². The van der Waals surface area contributed by atoms with Crippen molar-refractivity contribution in [1.82, 2.24) is 9.80 Å². The van der Waals surface area contributed by atoms with Gasteiger partial charge in [0.05, 0.1) is 41.1 Å². The Balaban J connectivity index is 0.000000195. The zero-order chi connectivity index (χ0) is 35.8. The number of carbonyl (C=O) groups excluding carboxylic acids is 4. The monoisotopic (exact) mass is 724 g/mol. The minimum absolute atomic E-state index is 0.0640. The summed E-state index contributed by atoms with van der Waals surface area (Å²) in [5, 5.41) is 9.36. The van der Waals surface area contributed by atoms with Crippen LogP contribution in [-0.4, -0.2) is 70.8 Å². The Bertz CT molecular complexity index is 1850. The molecule has 0 aromatic heterocycles. The summed E-state index contributed by atoms with van der Waals surface area (Å²) in [5.74, 6) is -3.55. The van der Waals surface area contributed by atoms with E-state index in [4.69, 9.17) is 32.7 Å². The first kappa shape index (κ1) is 36.4. The summed E-state index contributed by atoms with van der Waals surface area (Å²) in [6.07, 6.45) is -0.671. The van der Waals surface area contributed by atoms with E-state index < -0.39 is 54.2 Å². The van der Waals surface area contributed by atoms with Gasteiger partial charge < -0.3 is 14.6 Å². The molecule has 4 aromatic carbocycles. The second-order valence-electron chi connectivity index (χ2n) is 11.6. The van der Waals surface area contributed by atoms with E-state index in [0.29, 0.717) is 18.4 Å². The summed E-state index contributed by atoms with van der Waals surface area (Å²) >= 11 is 11.8. The SMILES string of the molecule is O=C(Cc1cccc(F)c1Cl)N1C(=O)OC[C@H]1Cc1ccccc1.O=C1OC[C@@H](Cc2ccccc2)N1C(=O)[C@H](CO)c1cccc(F)c1Cl. The number of halogens is 4. The summed E-state index contributed by atoms with van der Waals surface area (Å²) in [5.41, 5.74) is 2.43. The average molecular weight is 726 g/mol. The zero-order valence-corrected chi connectivity index (χ0v) is 28.0. The Hall–Kier alpha value is -4.84. The molecule has 0 radical (unpaired) electrons. The lowest BCUT2D eigenvalue weighted by atomic mass is 9.96. The first-order valence-electron chi connectivity index (χ1n) is 15.6. The van der Waals surface area contributed by atoms with Gasteiger partial charge in [-0.05, 0) is 47.2 Å². The number of aliphatic hydroxyl groups is 1. The zero-order valence-electron chi connectivity index (χ0n) is 26.5. The van der Waals surface area contributed by atoms with Crippen LogP contribution >= 0.6 is 23.2 Å². The predicted octanol–water partition coefficient (Wildman–Crippen LogP) is 6.76. The number of carbonyl (C=O) groups is 4. The molecule has 0 bridgehead atoms. The van der Waals surface area contributed by atoms with Gasteiger partial charge in [0.15, 0.2) is 0 Å². The molecule has 3 atom stereocenters. The van der Waals surface area contributed by atoms with Crippen LogP contribution in [0.25, 0.3) is 0 Å². The van der Waals surface area contributed by atoms with Gasteiger partial charge in [-0.2, -0.15) is 0 Å². The van der Waals surface area contributed by atoms with Crippen molar-refractivity contribution in [1.29, 1.82) is 0 Å². The molecule has 1 N–H and O–H groups in total. The smallest absolute Gasteiger partial charge is 0.417 e. The summed E-state index contributed by atoms with van der Waals surface area (Å²) in [6, 6.07) is 26.3. The Morgan fingerprint density at radius 3 is 1.78 bits per heavy atom. The molecular formula is C37H32Cl2F2N2O7. The van der Waals surface area contributed by atoms with Gasteiger partial charge in [0.25, 0.3) is 0 Å². The molecule has 0 unspecified atom stereocenters. The molecule has 13 heteroatoms. The molecule has 0 aliphatic carbocycles. The molecular weight excluding hydrogens is 693 g/mol.